The molecular weight excluding hydrogens is 302 g/mol. The molecular formula is C16H17NO6. The van der Waals surface area contributed by atoms with Crippen molar-refractivity contribution >= 4 is 17.8 Å². The minimum Gasteiger partial charge on any atom is -0.481 e. The molecule has 1 fully saturated rings. The number of aliphatic carboxylic acids is 1. The van der Waals surface area contributed by atoms with E-state index in [0.717, 1.165) is 0 Å². The molecule has 1 unspecified atom stereocenters. The number of rotatable bonds is 4. The van der Waals surface area contributed by atoms with Crippen LogP contribution in [0.2, 0.25) is 0 Å². The van der Waals surface area contributed by atoms with Crippen LogP contribution in [-0.4, -0.2) is 46.1 Å². The van der Waals surface area contributed by atoms with Crippen molar-refractivity contribution in [1.29, 1.82) is 0 Å². The lowest BCUT2D eigenvalue weighted by atomic mass is 9.88. The van der Waals surface area contributed by atoms with Crippen LogP contribution < -0.4 is 0 Å². The Kier molecular flexibility index (Phi) is 3.60. The molecule has 122 valence electrons. The first-order chi connectivity index (χ1) is 10.9. The third kappa shape index (κ3) is 2.11. The summed E-state index contributed by atoms with van der Waals surface area (Å²) >= 11 is 0. The topological polar surface area (TPSA) is 104 Å². The Labute approximate surface area is 132 Å². The molecule has 2 aliphatic heterocycles. The van der Waals surface area contributed by atoms with Gasteiger partial charge in [-0.15, -0.1) is 0 Å². The second-order valence-corrected chi connectivity index (χ2v) is 5.84. The molecule has 1 aromatic carbocycles. The Hall–Kier alpha value is -2.41. The molecule has 0 aliphatic carbocycles. The maximum absolute atomic E-state index is 12.7. The first-order valence-electron chi connectivity index (χ1n) is 7.36. The second kappa shape index (κ2) is 5.34. The molecule has 0 aromatic heterocycles. The zero-order valence-electron chi connectivity index (χ0n) is 12.6. The van der Waals surface area contributed by atoms with Crippen LogP contribution in [0.15, 0.2) is 24.3 Å². The lowest BCUT2D eigenvalue weighted by molar-refractivity contribution is -0.163. The monoisotopic (exact) mass is 319 g/mol. The molecule has 3 atom stereocenters. The van der Waals surface area contributed by atoms with E-state index in [4.69, 9.17) is 9.84 Å². The van der Waals surface area contributed by atoms with Gasteiger partial charge < -0.3 is 19.8 Å². The van der Waals surface area contributed by atoms with Gasteiger partial charge in [0.15, 0.2) is 5.72 Å². The Bertz CT molecular complexity index is 687. The smallest absolute Gasteiger partial charge is 0.314 e. The molecule has 7 heteroatoms. The van der Waals surface area contributed by atoms with Crippen molar-refractivity contribution in [2.45, 2.75) is 31.0 Å². The number of carboxylic acid groups (broad SMARTS) is 1. The minimum absolute atomic E-state index is 0.144. The molecule has 1 amide bonds. The van der Waals surface area contributed by atoms with E-state index < -0.39 is 29.6 Å². The highest BCUT2D eigenvalue weighted by Gasteiger charge is 2.63. The largest absolute Gasteiger partial charge is 0.481 e. The van der Waals surface area contributed by atoms with E-state index in [0.29, 0.717) is 11.1 Å². The molecule has 0 spiro atoms. The second-order valence-electron chi connectivity index (χ2n) is 5.84. The summed E-state index contributed by atoms with van der Waals surface area (Å²) in [5.41, 5.74) is -1.06. The number of amides is 1. The number of nitrogens with zero attached hydrogens (tertiary/aromatic N) is 1. The maximum atomic E-state index is 12.7. The van der Waals surface area contributed by atoms with Crippen LogP contribution in [-0.2, 0) is 20.1 Å². The van der Waals surface area contributed by atoms with Gasteiger partial charge in [-0.05, 0) is 18.9 Å². The van der Waals surface area contributed by atoms with E-state index in [1.165, 1.54) is 12.0 Å². The zero-order valence-corrected chi connectivity index (χ0v) is 12.6. The molecule has 23 heavy (non-hydrogen) atoms. The van der Waals surface area contributed by atoms with Crippen molar-refractivity contribution < 1.29 is 29.3 Å². The number of aliphatic hydroxyl groups is 1. The molecule has 2 aliphatic rings. The average molecular weight is 319 g/mol. The fourth-order valence-corrected chi connectivity index (χ4v) is 3.69. The van der Waals surface area contributed by atoms with Crippen molar-refractivity contribution in [3.63, 3.8) is 0 Å². The first kappa shape index (κ1) is 15.5. The molecule has 0 saturated carbocycles. The van der Waals surface area contributed by atoms with E-state index in [9.17, 15) is 19.5 Å². The third-order valence-electron chi connectivity index (χ3n) is 4.68. The van der Waals surface area contributed by atoms with Crippen LogP contribution in [0, 0.1) is 5.92 Å². The van der Waals surface area contributed by atoms with E-state index in [2.05, 4.69) is 0 Å². The number of carbonyl (C=O) groups is 3. The molecule has 7 nitrogen and oxygen atoms in total. The van der Waals surface area contributed by atoms with Crippen molar-refractivity contribution in [3.8, 4) is 0 Å². The predicted molar refractivity (Wildman–Crippen MR) is 77.3 cm³/mol. The summed E-state index contributed by atoms with van der Waals surface area (Å²) in [6.45, 7) is 0. The van der Waals surface area contributed by atoms with Gasteiger partial charge in [0.05, 0.1) is 7.11 Å². The Balaban J connectivity index is 2.05. The number of hydrogen-bond donors (Lipinski definition) is 2. The Morgan fingerprint density at radius 2 is 2.09 bits per heavy atom. The molecule has 0 bridgehead atoms. The van der Waals surface area contributed by atoms with Crippen molar-refractivity contribution in [1.82, 2.24) is 4.90 Å². The normalized spacial score (nSPS) is 28.4. The van der Waals surface area contributed by atoms with Gasteiger partial charge in [0.25, 0.3) is 5.91 Å². The summed E-state index contributed by atoms with van der Waals surface area (Å²) in [7, 11) is 1.23. The predicted octanol–water partition coefficient (Wildman–Crippen LogP) is 0.714. The Morgan fingerprint density at radius 1 is 1.39 bits per heavy atom. The van der Waals surface area contributed by atoms with Gasteiger partial charge >= 0.3 is 11.9 Å². The van der Waals surface area contributed by atoms with Gasteiger partial charge in [-0.25, -0.2) is 0 Å². The SMILES string of the molecule is COC(=O)[C@H]1CC(CCC(=O)O)N2C(=O)c3ccccc3[C@]12O. The van der Waals surface area contributed by atoms with Crippen molar-refractivity contribution in [2.75, 3.05) is 7.11 Å². The summed E-state index contributed by atoms with van der Waals surface area (Å²) in [6, 6.07) is 6.05. The number of carbonyl (C=O) groups excluding carboxylic acids is 2. The van der Waals surface area contributed by atoms with Crippen LogP contribution in [0.3, 0.4) is 0 Å². The number of carboxylic acids is 1. The lowest BCUT2D eigenvalue weighted by Crippen LogP contribution is -2.47. The zero-order chi connectivity index (χ0) is 16.8. The number of methoxy groups -OCH3 is 1. The number of ether oxygens (including phenoxy) is 1. The highest BCUT2D eigenvalue weighted by atomic mass is 16.5. The molecule has 1 aromatic rings. The van der Waals surface area contributed by atoms with Crippen LogP contribution in [0.5, 0.6) is 0 Å². The van der Waals surface area contributed by atoms with Gasteiger partial charge in [0.2, 0.25) is 0 Å². The minimum atomic E-state index is -1.77. The highest BCUT2D eigenvalue weighted by molar-refractivity contribution is 6.01. The van der Waals surface area contributed by atoms with Crippen LogP contribution in [0.4, 0.5) is 0 Å². The summed E-state index contributed by atoms with van der Waals surface area (Å²) < 4.78 is 4.78. The van der Waals surface area contributed by atoms with Gasteiger partial charge in [-0.3, -0.25) is 14.4 Å². The van der Waals surface area contributed by atoms with Crippen molar-refractivity contribution in [2.24, 2.45) is 5.92 Å². The molecule has 2 heterocycles. The van der Waals surface area contributed by atoms with E-state index in [-0.39, 0.29) is 25.2 Å². The summed E-state index contributed by atoms with van der Waals surface area (Å²) in [6.07, 6.45) is 0.205. The van der Waals surface area contributed by atoms with Gasteiger partial charge in [0, 0.05) is 23.6 Å². The first-order valence-corrected chi connectivity index (χ1v) is 7.36. The number of benzene rings is 1. The molecule has 3 rings (SSSR count). The summed E-state index contributed by atoms with van der Waals surface area (Å²) in [5.74, 6) is -2.91. The van der Waals surface area contributed by atoms with E-state index in [1.54, 1.807) is 24.3 Å². The summed E-state index contributed by atoms with van der Waals surface area (Å²) in [5, 5.41) is 20.1. The lowest BCUT2D eigenvalue weighted by Gasteiger charge is -2.33. The fraction of sp³-hybridized carbons (Fsp3) is 0.438. The summed E-state index contributed by atoms with van der Waals surface area (Å²) in [4.78, 5) is 36.9. The van der Waals surface area contributed by atoms with Crippen LogP contribution in [0.25, 0.3) is 0 Å². The Morgan fingerprint density at radius 3 is 2.74 bits per heavy atom. The standard InChI is InChI=1S/C16H17NO6/c1-23-15(21)12-8-9(6-7-13(18)19)17-14(20)10-4-2-3-5-11(10)16(12,17)22/h2-5,9,12,22H,6-8H2,1H3,(H,18,19)/t9?,12-,16+/m1/s1. The third-order valence-corrected chi connectivity index (χ3v) is 4.68. The maximum Gasteiger partial charge on any atom is 0.314 e. The van der Waals surface area contributed by atoms with Gasteiger partial charge in [0.1, 0.15) is 5.92 Å². The molecule has 2 N–H and O–H groups in total. The van der Waals surface area contributed by atoms with Crippen LogP contribution >= 0.6 is 0 Å². The average Bonchev–Trinajstić information content (AvgIpc) is 2.96. The molecule has 0 radical (unpaired) electrons. The van der Waals surface area contributed by atoms with E-state index in [1.807, 2.05) is 0 Å². The highest BCUT2D eigenvalue weighted by Crippen LogP contribution is 2.52. The molecule has 1 saturated heterocycles. The number of esters is 1. The van der Waals surface area contributed by atoms with Gasteiger partial charge in [-0.1, -0.05) is 18.2 Å². The fourth-order valence-electron chi connectivity index (χ4n) is 3.69. The van der Waals surface area contributed by atoms with Crippen molar-refractivity contribution in [3.05, 3.63) is 35.4 Å². The van der Waals surface area contributed by atoms with Crippen LogP contribution in [0.1, 0.15) is 35.2 Å². The number of hydrogen-bond acceptors (Lipinski definition) is 5. The quantitative estimate of drug-likeness (QED) is 0.792. The van der Waals surface area contributed by atoms with Gasteiger partial charge in [-0.2, -0.15) is 0 Å². The number of fused-ring (bicyclic) bond motifs is 3. The van der Waals surface area contributed by atoms with E-state index >= 15 is 0 Å².